The van der Waals surface area contributed by atoms with Gasteiger partial charge < -0.3 is 23.3 Å². The second kappa shape index (κ2) is 2.68. The number of nitrogens with two attached hydrogens (primary N) is 1. The van der Waals surface area contributed by atoms with Crippen molar-refractivity contribution in [2.75, 3.05) is 31.4 Å². The van der Waals surface area contributed by atoms with Crippen molar-refractivity contribution in [1.82, 2.24) is 9.97 Å². The molecule has 13 heavy (non-hydrogen) atoms. The SMILES string of the molecule is CN1C[NH+](C)c2nc(N)nc([S-])c21. The predicted molar refractivity (Wildman–Crippen MR) is 51.9 cm³/mol. The van der Waals surface area contributed by atoms with Crippen molar-refractivity contribution < 1.29 is 4.90 Å². The van der Waals surface area contributed by atoms with E-state index in [1.807, 2.05) is 19.0 Å². The van der Waals surface area contributed by atoms with E-state index in [-0.39, 0.29) is 5.95 Å². The zero-order chi connectivity index (χ0) is 9.59. The molecule has 0 saturated heterocycles. The molecule has 1 unspecified atom stereocenters. The lowest BCUT2D eigenvalue weighted by Gasteiger charge is -2.14. The molecule has 70 valence electrons. The van der Waals surface area contributed by atoms with Crippen LogP contribution in [0.3, 0.4) is 0 Å². The Morgan fingerprint density at radius 3 is 2.92 bits per heavy atom. The average molecular weight is 197 g/mol. The Bertz CT molecular complexity index is 353. The molecule has 3 N–H and O–H groups in total. The highest BCUT2D eigenvalue weighted by molar-refractivity contribution is 7.58. The van der Waals surface area contributed by atoms with Crippen molar-refractivity contribution in [3.8, 4) is 0 Å². The van der Waals surface area contributed by atoms with E-state index in [9.17, 15) is 0 Å². The van der Waals surface area contributed by atoms with E-state index in [4.69, 9.17) is 18.4 Å². The van der Waals surface area contributed by atoms with Crippen LogP contribution in [-0.2, 0) is 12.6 Å². The van der Waals surface area contributed by atoms with Crippen LogP contribution < -0.4 is 15.5 Å². The van der Waals surface area contributed by atoms with Gasteiger partial charge in [0.1, 0.15) is 5.69 Å². The smallest absolute Gasteiger partial charge is 0.254 e. The number of rotatable bonds is 0. The molecule has 1 aromatic heterocycles. The topological polar surface area (TPSA) is 59.5 Å². The van der Waals surface area contributed by atoms with Crippen LogP contribution in [0.15, 0.2) is 5.03 Å². The number of quaternary nitrogens is 1. The van der Waals surface area contributed by atoms with Crippen LogP contribution in [0.1, 0.15) is 0 Å². The van der Waals surface area contributed by atoms with Crippen LogP contribution >= 0.6 is 0 Å². The van der Waals surface area contributed by atoms with Crippen molar-refractivity contribution in [2.24, 2.45) is 0 Å². The first-order valence-electron chi connectivity index (χ1n) is 3.98. The van der Waals surface area contributed by atoms with Gasteiger partial charge in [0.25, 0.3) is 5.82 Å². The van der Waals surface area contributed by atoms with Crippen molar-refractivity contribution >= 4 is 30.1 Å². The number of fused-ring (bicyclic) bond motifs is 1. The molecule has 2 rings (SSSR count). The Balaban J connectivity index is 2.63. The highest BCUT2D eigenvalue weighted by Gasteiger charge is 2.28. The summed E-state index contributed by atoms with van der Waals surface area (Å²) in [5.41, 5.74) is 6.45. The molecule has 0 bridgehead atoms. The van der Waals surface area contributed by atoms with E-state index < -0.39 is 0 Å². The second-order valence-corrected chi connectivity index (χ2v) is 3.61. The number of hydrogen-bond donors (Lipinski definition) is 2. The summed E-state index contributed by atoms with van der Waals surface area (Å²) < 4.78 is 0. The fourth-order valence-corrected chi connectivity index (χ4v) is 1.95. The zero-order valence-electron chi connectivity index (χ0n) is 7.53. The largest absolute Gasteiger partial charge is 0.758 e. The third-order valence-corrected chi connectivity index (χ3v) is 2.41. The Morgan fingerprint density at radius 2 is 2.23 bits per heavy atom. The Morgan fingerprint density at radius 1 is 1.54 bits per heavy atom. The minimum atomic E-state index is 0.262. The van der Waals surface area contributed by atoms with E-state index in [1.54, 1.807) is 0 Å². The van der Waals surface area contributed by atoms with E-state index in [1.165, 1.54) is 4.90 Å². The van der Waals surface area contributed by atoms with Gasteiger partial charge in [0, 0.05) is 7.05 Å². The maximum Gasteiger partial charge on any atom is 0.254 e. The molecule has 0 spiro atoms. The summed E-state index contributed by atoms with van der Waals surface area (Å²) in [5.74, 6) is 1.17. The van der Waals surface area contributed by atoms with Gasteiger partial charge in [0.15, 0.2) is 6.67 Å². The van der Waals surface area contributed by atoms with E-state index in [2.05, 4.69) is 9.97 Å². The van der Waals surface area contributed by atoms with Gasteiger partial charge in [-0.2, -0.15) is 4.98 Å². The Hall–Kier alpha value is -1.14. The van der Waals surface area contributed by atoms with Crippen LogP contribution in [0.5, 0.6) is 0 Å². The molecule has 0 fully saturated rings. The summed E-state index contributed by atoms with van der Waals surface area (Å²) in [6, 6.07) is 0. The first-order valence-corrected chi connectivity index (χ1v) is 4.39. The van der Waals surface area contributed by atoms with Gasteiger partial charge in [-0.25, -0.2) is 4.98 Å². The molecule has 0 aromatic carbocycles. The molecule has 0 radical (unpaired) electrons. The minimum absolute atomic E-state index is 0.262. The standard InChI is InChI=1S/C7H11N5S/c1-11-3-12(2)5-4(11)6(13)10-7(8)9-5/h3H2,1-2H3,(H3,8,9,10,13). The van der Waals surface area contributed by atoms with E-state index >= 15 is 0 Å². The van der Waals surface area contributed by atoms with Crippen molar-refractivity contribution in [3.05, 3.63) is 0 Å². The van der Waals surface area contributed by atoms with Crippen molar-refractivity contribution in [1.29, 1.82) is 0 Å². The molecule has 0 saturated carbocycles. The maximum absolute atomic E-state index is 5.52. The summed E-state index contributed by atoms with van der Waals surface area (Å²) in [6.07, 6.45) is 0. The fourth-order valence-electron chi connectivity index (χ4n) is 1.60. The van der Waals surface area contributed by atoms with Gasteiger partial charge in [-0.05, 0) is 5.03 Å². The Labute approximate surface area is 82.0 Å². The van der Waals surface area contributed by atoms with Gasteiger partial charge in [-0.3, -0.25) is 4.90 Å². The average Bonchev–Trinajstić information content (AvgIpc) is 2.27. The van der Waals surface area contributed by atoms with E-state index in [0.717, 1.165) is 18.2 Å². The van der Waals surface area contributed by atoms with Gasteiger partial charge in [-0.1, -0.05) is 0 Å². The second-order valence-electron chi connectivity index (χ2n) is 3.22. The summed E-state index contributed by atoms with van der Waals surface area (Å²) in [5, 5.41) is 0.543. The van der Waals surface area contributed by atoms with Crippen LogP contribution in [0.25, 0.3) is 0 Å². The maximum atomic E-state index is 5.52. The van der Waals surface area contributed by atoms with Gasteiger partial charge in [0.05, 0.1) is 7.05 Å². The fraction of sp³-hybridized carbons (Fsp3) is 0.429. The first-order chi connectivity index (χ1) is 6.09. The first kappa shape index (κ1) is 8.46. The van der Waals surface area contributed by atoms with Crippen LogP contribution in [0, 0.1) is 0 Å². The number of nitrogen functional groups attached to an aromatic ring is 1. The molecule has 6 heteroatoms. The van der Waals surface area contributed by atoms with Gasteiger partial charge >= 0.3 is 0 Å². The molecule has 1 aliphatic heterocycles. The monoisotopic (exact) mass is 197 g/mol. The number of aromatic nitrogens is 2. The molecular formula is C7H11N5S. The van der Waals surface area contributed by atoms with Crippen molar-refractivity contribution in [2.45, 2.75) is 5.03 Å². The molecule has 5 nitrogen and oxygen atoms in total. The van der Waals surface area contributed by atoms with E-state index in [0.29, 0.717) is 5.03 Å². The normalized spacial score (nSPS) is 20.5. The molecule has 0 aliphatic carbocycles. The summed E-state index contributed by atoms with van der Waals surface area (Å²) in [6.45, 7) is 0.858. The summed E-state index contributed by atoms with van der Waals surface area (Å²) in [7, 11) is 4.01. The summed E-state index contributed by atoms with van der Waals surface area (Å²) >= 11 is 5.11. The van der Waals surface area contributed by atoms with Gasteiger partial charge in [0.2, 0.25) is 5.95 Å². The molecule has 1 aromatic rings. The van der Waals surface area contributed by atoms with Crippen LogP contribution in [0.4, 0.5) is 17.5 Å². The zero-order valence-corrected chi connectivity index (χ0v) is 8.35. The molecule has 0 amide bonds. The summed E-state index contributed by atoms with van der Waals surface area (Å²) in [4.78, 5) is 11.4. The predicted octanol–water partition coefficient (Wildman–Crippen LogP) is -1.48. The lowest BCUT2D eigenvalue weighted by Crippen LogP contribution is -3.03. The molecule has 1 atom stereocenters. The number of nitrogens with one attached hydrogen (secondary N) is 1. The number of nitrogens with zero attached hydrogens (tertiary/aromatic N) is 3. The Kier molecular flexibility index (Phi) is 1.74. The highest BCUT2D eigenvalue weighted by Crippen LogP contribution is 2.26. The highest BCUT2D eigenvalue weighted by atomic mass is 32.1. The molecular weight excluding hydrogens is 186 g/mol. The quantitative estimate of drug-likeness (QED) is 0.392. The third kappa shape index (κ3) is 1.18. The minimum Gasteiger partial charge on any atom is -0.758 e. The molecule has 1 aliphatic rings. The van der Waals surface area contributed by atoms with Crippen LogP contribution in [0.2, 0.25) is 0 Å². The number of hydrogen-bond acceptors (Lipinski definition) is 5. The lowest BCUT2D eigenvalue weighted by atomic mass is 10.4. The number of anilines is 2. The molecule has 2 heterocycles. The third-order valence-electron chi connectivity index (χ3n) is 2.13. The lowest BCUT2D eigenvalue weighted by molar-refractivity contribution is -0.805. The van der Waals surface area contributed by atoms with Gasteiger partial charge in [-0.15, -0.1) is 0 Å². The van der Waals surface area contributed by atoms with Crippen LogP contribution in [-0.4, -0.2) is 30.7 Å². The van der Waals surface area contributed by atoms with Crippen molar-refractivity contribution in [3.63, 3.8) is 0 Å².